The first-order chi connectivity index (χ1) is 3.25. The molecule has 0 amide bonds. The summed E-state index contributed by atoms with van der Waals surface area (Å²) in [6.07, 6.45) is 0. The lowest BCUT2D eigenvalue weighted by Gasteiger charge is -2.31. The Kier molecular flexibility index (Phi) is 1.86. The number of nitrogens with two attached hydrogens (primary N) is 2. The van der Waals surface area contributed by atoms with E-state index in [0.717, 1.165) is 0 Å². The largest absolute Gasteiger partial charge is 0.339 e. The summed E-state index contributed by atoms with van der Waals surface area (Å²) >= 11 is 0. The van der Waals surface area contributed by atoms with Crippen molar-refractivity contribution < 1.29 is 0 Å². The molecule has 50 valence electrons. The van der Waals surface area contributed by atoms with Crippen LogP contribution in [0.25, 0.3) is 0 Å². The lowest BCUT2D eigenvalue weighted by molar-refractivity contribution is 0.712. The van der Waals surface area contributed by atoms with Gasteiger partial charge < -0.3 is 10.8 Å². The van der Waals surface area contributed by atoms with Gasteiger partial charge in [-0.15, -0.1) is 0 Å². The molecule has 0 rings (SSSR count). The van der Waals surface area contributed by atoms with Gasteiger partial charge in [0.1, 0.15) is 0 Å². The van der Waals surface area contributed by atoms with Crippen LogP contribution in [0, 0.1) is 0 Å². The van der Waals surface area contributed by atoms with Gasteiger partial charge in [-0.2, -0.15) is 0 Å². The number of hydrogen-bond acceptors (Lipinski definition) is 2. The fourth-order valence-electron chi connectivity index (χ4n) is 0. The Morgan fingerprint density at radius 1 is 1.12 bits per heavy atom. The smallest absolute Gasteiger partial charge is 0.198 e. The maximum absolute atomic E-state index is 5.73. The fourth-order valence-corrected chi connectivity index (χ4v) is 0. The van der Waals surface area contributed by atoms with Crippen LogP contribution in [0.15, 0.2) is 0 Å². The first-order valence-corrected chi connectivity index (χ1v) is 5.48. The highest BCUT2D eigenvalue weighted by atomic mass is 28.3. The zero-order valence-electron chi connectivity index (χ0n) is 6.15. The van der Waals surface area contributed by atoms with Gasteiger partial charge in [-0.3, -0.25) is 0 Å². The minimum absolute atomic E-state index is 0.132. The molecule has 0 unspecified atom stereocenters. The third kappa shape index (κ3) is 1.94. The summed E-state index contributed by atoms with van der Waals surface area (Å²) in [5.41, 5.74) is 0. The molecule has 2 nitrogen and oxygen atoms in total. The van der Waals surface area contributed by atoms with E-state index in [-0.39, 0.29) is 5.04 Å². The molecule has 0 bridgehead atoms. The van der Waals surface area contributed by atoms with Crippen LogP contribution in [0.3, 0.4) is 0 Å². The summed E-state index contributed by atoms with van der Waals surface area (Å²) in [7, 11) is -1.86. The molecule has 0 aromatic heterocycles. The van der Waals surface area contributed by atoms with Gasteiger partial charge in [-0.25, -0.2) is 0 Å². The van der Waals surface area contributed by atoms with Gasteiger partial charge in [-0.1, -0.05) is 20.8 Å². The third-order valence-corrected chi connectivity index (χ3v) is 4.85. The maximum atomic E-state index is 5.73. The van der Waals surface area contributed by atoms with E-state index >= 15 is 0 Å². The van der Waals surface area contributed by atoms with Crippen LogP contribution in [0.5, 0.6) is 0 Å². The van der Waals surface area contributed by atoms with E-state index in [1.54, 1.807) is 0 Å². The zero-order chi connectivity index (χ0) is 7.00. The summed E-state index contributed by atoms with van der Waals surface area (Å²) in [6, 6.07) is 0. The second-order valence-electron chi connectivity index (χ2n) is 3.53. The summed E-state index contributed by atoms with van der Waals surface area (Å²) in [6.45, 7) is 8.21. The van der Waals surface area contributed by atoms with Crippen molar-refractivity contribution in [3.05, 3.63) is 0 Å². The molecule has 0 aliphatic rings. The van der Waals surface area contributed by atoms with Crippen molar-refractivity contribution in [3.63, 3.8) is 0 Å². The number of hydrogen-bond donors (Lipinski definition) is 2. The Bertz CT molecular complexity index is 65.4. The fraction of sp³-hybridized carbons (Fsp3) is 1.00. The second-order valence-corrected chi connectivity index (χ2v) is 7.60. The summed E-state index contributed by atoms with van der Waals surface area (Å²) in [4.78, 5) is 0. The van der Waals surface area contributed by atoms with Crippen molar-refractivity contribution in [2.24, 2.45) is 10.8 Å². The number of rotatable bonds is 0. The summed E-state index contributed by atoms with van der Waals surface area (Å²) < 4.78 is 0. The Morgan fingerprint density at radius 3 is 1.25 bits per heavy atom. The molecule has 0 aromatic carbocycles. The van der Waals surface area contributed by atoms with Crippen LogP contribution in [-0.2, 0) is 0 Å². The average Bonchev–Trinajstić information content (AvgIpc) is 1.25. The predicted molar refractivity (Wildman–Crippen MR) is 39.7 cm³/mol. The highest BCUT2D eigenvalue weighted by molar-refractivity contribution is 6.75. The van der Waals surface area contributed by atoms with Crippen LogP contribution in [0.2, 0.25) is 11.6 Å². The van der Waals surface area contributed by atoms with E-state index in [4.69, 9.17) is 10.8 Å². The Balaban J connectivity index is 4.02. The van der Waals surface area contributed by atoms with Crippen molar-refractivity contribution in [2.45, 2.75) is 32.4 Å². The van der Waals surface area contributed by atoms with Crippen LogP contribution >= 0.6 is 0 Å². The molecular formula is C5H16N2Si. The molecule has 0 radical (unpaired) electrons. The summed E-state index contributed by atoms with van der Waals surface area (Å²) in [5.74, 6) is 0. The Morgan fingerprint density at radius 2 is 1.25 bits per heavy atom. The molecule has 8 heavy (non-hydrogen) atoms. The van der Waals surface area contributed by atoms with E-state index in [2.05, 4.69) is 20.8 Å². The molecule has 0 saturated carbocycles. The Hall–Kier alpha value is 0.137. The SMILES string of the molecule is CC(C)(C)[Si](C)(N)N. The molecule has 0 saturated heterocycles. The normalized spacial score (nSPS) is 14.2. The van der Waals surface area contributed by atoms with E-state index < -0.39 is 8.40 Å². The highest BCUT2D eigenvalue weighted by Crippen LogP contribution is 2.27. The topological polar surface area (TPSA) is 52.0 Å². The first kappa shape index (κ1) is 8.14. The molecular weight excluding hydrogens is 116 g/mol. The molecule has 3 heteroatoms. The summed E-state index contributed by atoms with van der Waals surface area (Å²) in [5, 5.41) is 11.6. The second kappa shape index (κ2) is 1.82. The van der Waals surface area contributed by atoms with Gasteiger partial charge in [0.15, 0.2) is 8.40 Å². The third-order valence-electron chi connectivity index (χ3n) is 1.62. The molecule has 0 aliphatic heterocycles. The van der Waals surface area contributed by atoms with E-state index in [1.165, 1.54) is 0 Å². The van der Waals surface area contributed by atoms with Crippen molar-refractivity contribution >= 4 is 8.40 Å². The minimum Gasteiger partial charge on any atom is -0.339 e. The Labute approximate surface area is 52.4 Å². The first-order valence-electron chi connectivity index (χ1n) is 2.83. The standard InChI is InChI=1S/C5H16N2Si/c1-5(2,3)8(4,6)7/h6-7H2,1-4H3. The van der Waals surface area contributed by atoms with Crippen LogP contribution in [0.4, 0.5) is 0 Å². The van der Waals surface area contributed by atoms with Gasteiger partial charge in [0.05, 0.1) is 0 Å². The van der Waals surface area contributed by atoms with Crippen LogP contribution < -0.4 is 10.8 Å². The van der Waals surface area contributed by atoms with Crippen molar-refractivity contribution in [1.82, 2.24) is 0 Å². The van der Waals surface area contributed by atoms with E-state index in [0.29, 0.717) is 0 Å². The lowest BCUT2D eigenvalue weighted by atomic mass is 10.2. The molecule has 0 aliphatic carbocycles. The van der Waals surface area contributed by atoms with Gasteiger partial charge in [0.2, 0.25) is 0 Å². The minimum atomic E-state index is -1.86. The molecule has 0 atom stereocenters. The van der Waals surface area contributed by atoms with Gasteiger partial charge in [0.25, 0.3) is 0 Å². The van der Waals surface area contributed by atoms with Crippen molar-refractivity contribution in [2.75, 3.05) is 0 Å². The molecule has 4 N–H and O–H groups in total. The zero-order valence-corrected chi connectivity index (χ0v) is 7.15. The molecule has 0 fully saturated rings. The maximum Gasteiger partial charge on any atom is 0.198 e. The lowest BCUT2D eigenvalue weighted by Crippen LogP contribution is -2.59. The van der Waals surface area contributed by atoms with Gasteiger partial charge in [-0.05, 0) is 11.6 Å². The predicted octanol–water partition coefficient (Wildman–Crippen LogP) is 0.776. The van der Waals surface area contributed by atoms with Crippen molar-refractivity contribution in [1.29, 1.82) is 0 Å². The molecule has 0 spiro atoms. The van der Waals surface area contributed by atoms with E-state index in [9.17, 15) is 0 Å². The highest BCUT2D eigenvalue weighted by Gasteiger charge is 2.32. The van der Waals surface area contributed by atoms with E-state index in [1.807, 2.05) is 6.55 Å². The van der Waals surface area contributed by atoms with Crippen molar-refractivity contribution in [3.8, 4) is 0 Å². The van der Waals surface area contributed by atoms with Crippen LogP contribution in [0.1, 0.15) is 20.8 Å². The quantitative estimate of drug-likeness (QED) is 0.478. The van der Waals surface area contributed by atoms with Crippen LogP contribution in [-0.4, -0.2) is 8.40 Å². The molecule has 0 aromatic rings. The molecule has 0 heterocycles. The van der Waals surface area contributed by atoms with Gasteiger partial charge >= 0.3 is 0 Å². The van der Waals surface area contributed by atoms with Gasteiger partial charge in [0, 0.05) is 0 Å². The average molecular weight is 132 g/mol. The monoisotopic (exact) mass is 132 g/mol.